The first-order valence-corrected chi connectivity index (χ1v) is 9.11. The molecule has 0 bridgehead atoms. The zero-order valence-electron chi connectivity index (χ0n) is 14.4. The average Bonchev–Trinajstić information content (AvgIpc) is 3.36. The lowest BCUT2D eigenvalue weighted by atomic mass is 10.0. The standard InChI is InChI=1S/C19H26N4O/c1-21-19(24)23(18(20-21)13-15-5-3-2-4-6-15)17-9-11-22(12-10-17)14-16-7-8-16/h2-6,16-17H,7-14H2,1H3. The topological polar surface area (TPSA) is 43.1 Å². The molecule has 2 aromatic rings. The summed E-state index contributed by atoms with van der Waals surface area (Å²) in [5, 5.41) is 4.51. The number of nitrogens with zero attached hydrogens (tertiary/aromatic N) is 4. The number of aryl methyl sites for hydroxylation is 1. The van der Waals surface area contributed by atoms with E-state index in [0.29, 0.717) is 6.04 Å². The van der Waals surface area contributed by atoms with Crippen LogP contribution in [0.4, 0.5) is 0 Å². The quantitative estimate of drug-likeness (QED) is 0.846. The Labute approximate surface area is 142 Å². The van der Waals surface area contributed by atoms with Crippen LogP contribution in [-0.2, 0) is 13.5 Å². The van der Waals surface area contributed by atoms with Crippen LogP contribution in [0.1, 0.15) is 43.1 Å². The van der Waals surface area contributed by atoms with Crippen LogP contribution in [0.25, 0.3) is 0 Å². The van der Waals surface area contributed by atoms with Gasteiger partial charge in [-0.05, 0) is 37.2 Å². The minimum absolute atomic E-state index is 0.0292. The minimum atomic E-state index is 0.0292. The summed E-state index contributed by atoms with van der Waals surface area (Å²) in [7, 11) is 1.76. The number of benzene rings is 1. The van der Waals surface area contributed by atoms with Gasteiger partial charge in [-0.2, -0.15) is 5.10 Å². The van der Waals surface area contributed by atoms with Crippen LogP contribution in [0.2, 0.25) is 0 Å². The van der Waals surface area contributed by atoms with Gasteiger partial charge < -0.3 is 4.90 Å². The Morgan fingerprint density at radius 3 is 2.46 bits per heavy atom. The Kier molecular flexibility index (Phi) is 4.27. The van der Waals surface area contributed by atoms with E-state index in [1.807, 2.05) is 22.8 Å². The fourth-order valence-corrected chi connectivity index (χ4v) is 3.82. The first-order chi connectivity index (χ1) is 11.7. The molecule has 1 saturated heterocycles. The van der Waals surface area contributed by atoms with Gasteiger partial charge in [0.25, 0.3) is 0 Å². The van der Waals surface area contributed by atoms with E-state index >= 15 is 0 Å². The van der Waals surface area contributed by atoms with Crippen molar-refractivity contribution >= 4 is 0 Å². The van der Waals surface area contributed by atoms with Crippen LogP contribution in [0.3, 0.4) is 0 Å². The summed E-state index contributed by atoms with van der Waals surface area (Å²) in [5.41, 5.74) is 1.23. The van der Waals surface area contributed by atoms with Crippen molar-refractivity contribution in [2.24, 2.45) is 13.0 Å². The molecule has 0 spiro atoms. The molecule has 2 aliphatic rings. The van der Waals surface area contributed by atoms with Crippen LogP contribution in [0, 0.1) is 5.92 Å². The number of rotatable bonds is 5. The van der Waals surface area contributed by atoms with Crippen molar-refractivity contribution in [3.8, 4) is 0 Å². The molecule has 5 nitrogen and oxygen atoms in total. The van der Waals surface area contributed by atoms with Gasteiger partial charge in [-0.3, -0.25) is 4.57 Å². The van der Waals surface area contributed by atoms with E-state index in [4.69, 9.17) is 0 Å². The summed E-state index contributed by atoms with van der Waals surface area (Å²) in [6, 6.07) is 10.6. The van der Waals surface area contributed by atoms with E-state index < -0.39 is 0 Å². The first kappa shape index (κ1) is 15.6. The number of aromatic nitrogens is 3. The van der Waals surface area contributed by atoms with Gasteiger partial charge in [0.05, 0.1) is 0 Å². The van der Waals surface area contributed by atoms with Crippen molar-refractivity contribution in [3.05, 3.63) is 52.2 Å². The van der Waals surface area contributed by atoms with Gasteiger partial charge in [0.15, 0.2) is 0 Å². The zero-order valence-corrected chi connectivity index (χ0v) is 14.4. The van der Waals surface area contributed by atoms with E-state index in [2.05, 4.69) is 22.1 Å². The predicted molar refractivity (Wildman–Crippen MR) is 94.2 cm³/mol. The molecule has 1 aliphatic heterocycles. The fraction of sp³-hybridized carbons (Fsp3) is 0.579. The SMILES string of the molecule is Cn1nc(Cc2ccccc2)n(C2CCN(CC3CC3)CC2)c1=O. The summed E-state index contributed by atoms with van der Waals surface area (Å²) in [4.78, 5) is 15.2. The third-order valence-electron chi connectivity index (χ3n) is 5.37. The Balaban J connectivity index is 1.51. The van der Waals surface area contributed by atoms with Gasteiger partial charge in [0.2, 0.25) is 0 Å². The number of hydrogen-bond acceptors (Lipinski definition) is 3. The van der Waals surface area contributed by atoms with E-state index in [0.717, 1.165) is 44.1 Å². The molecular weight excluding hydrogens is 300 g/mol. The highest BCUT2D eigenvalue weighted by Gasteiger charge is 2.29. The molecule has 1 aromatic heterocycles. The lowest BCUT2D eigenvalue weighted by Crippen LogP contribution is -2.39. The van der Waals surface area contributed by atoms with Gasteiger partial charge in [0.1, 0.15) is 5.82 Å². The van der Waals surface area contributed by atoms with Crippen LogP contribution in [-0.4, -0.2) is 38.9 Å². The monoisotopic (exact) mass is 326 g/mol. The molecule has 0 N–H and O–H groups in total. The van der Waals surface area contributed by atoms with E-state index in [1.165, 1.54) is 29.6 Å². The van der Waals surface area contributed by atoms with Crippen molar-refractivity contribution < 1.29 is 0 Å². The van der Waals surface area contributed by atoms with Crippen molar-refractivity contribution in [2.75, 3.05) is 19.6 Å². The zero-order chi connectivity index (χ0) is 16.5. The maximum atomic E-state index is 12.6. The Hall–Kier alpha value is -1.88. The van der Waals surface area contributed by atoms with Crippen LogP contribution in [0.5, 0.6) is 0 Å². The van der Waals surface area contributed by atoms with Crippen molar-refractivity contribution in [3.63, 3.8) is 0 Å². The van der Waals surface area contributed by atoms with Gasteiger partial charge in [-0.25, -0.2) is 9.48 Å². The second-order valence-corrected chi connectivity index (χ2v) is 7.33. The number of likely N-dealkylation sites (tertiary alicyclic amines) is 1. The summed E-state index contributed by atoms with van der Waals surface area (Å²) in [6.45, 7) is 3.46. The summed E-state index contributed by atoms with van der Waals surface area (Å²) in [5.74, 6) is 1.84. The highest BCUT2D eigenvalue weighted by Crippen LogP contribution is 2.32. The van der Waals surface area contributed by atoms with Crippen molar-refractivity contribution in [1.29, 1.82) is 0 Å². The number of piperidine rings is 1. The maximum Gasteiger partial charge on any atom is 0.345 e. The highest BCUT2D eigenvalue weighted by atomic mass is 16.2. The molecule has 0 radical (unpaired) electrons. The highest BCUT2D eigenvalue weighted by molar-refractivity contribution is 5.19. The lowest BCUT2D eigenvalue weighted by molar-refractivity contribution is 0.177. The molecule has 5 heteroatoms. The molecule has 2 fully saturated rings. The number of hydrogen-bond donors (Lipinski definition) is 0. The Morgan fingerprint density at radius 2 is 1.79 bits per heavy atom. The molecule has 0 atom stereocenters. The van der Waals surface area contributed by atoms with E-state index in [9.17, 15) is 4.79 Å². The van der Waals surface area contributed by atoms with Crippen LogP contribution < -0.4 is 5.69 Å². The maximum absolute atomic E-state index is 12.6. The fourth-order valence-electron chi connectivity index (χ4n) is 3.82. The molecule has 1 saturated carbocycles. The Bertz CT molecular complexity index is 736. The van der Waals surface area contributed by atoms with Crippen LogP contribution >= 0.6 is 0 Å². The first-order valence-electron chi connectivity index (χ1n) is 9.11. The molecular formula is C19H26N4O. The Morgan fingerprint density at radius 1 is 1.08 bits per heavy atom. The van der Waals surface area contributed by atoms with Crippen LogP contribution in [0.15, 0.2) is 35.1 Å². The normalized spacial score (nSPS) is 19.7. The predicted octanol–water partition coefficient (Wildman–Crippen LogP) is 2.22. The lowest BCUT2D eigenvalue weighted by Gasteiger charge is -2.32. The van der Waals surface area contributed by atoms with Gasteiger partial charge in [-0.15, -0.1) is 0 Å². The van der Waals surface area contributed by atoms with Gasteiger partial charge in [0, 0.05) is 39.1 Å². The largest absolute Gasteiger partial charge is 0.345 e. The second-order valence-electron chi connectivity index (χ2n) is 7.33. The average molecular weight is 326 g/mol. The molecule has 0 amide bonds. The molecule has 128 valence electrons. The van der Waals surface area contributed by atoms with Crippen molar-refractivity contribution in [1.82, 2.24) is 19.2 Å². The van der Waals surface area contributed by atoms with E-state index in [1.54, 1.807) is 7.05 Å². The molecule has 4 rings (SSSR count). The van der Waals surface area contributed by atoms with Crippen molar-refractivity contribution in [2.45, 2.75) is 38.1 Å². The molecule has 0 unspecified atom stereocenters. The summed E-state index contributed by atoms with van der Waals surface area (Å²) >= 11 is 0. The summed E-state index contributed by atoms with van der Waals surface area (Å²) in [6.07, 6.45) is 5.64. The third kappa shape index (κ3) is 3.31. The van der Waals surface area contributed by atoms with Gasteiger partial charge >= 0.3 is 5.69 Å². The second kappa shape index (κ2) is 6.55. The third-order valence-corrected chi connectivity index (χ3v) is 5.37. The molecule has 1 aliphatic carbocycles. The molecule has 1 aromatic carbocycles. The summed E-state index contributed by atoms with van der Waals surface area (Å²) < 4.78 is 3.45. The molecule has 2 heterocycles. The smallest absolute Gasteiger partial charge is 0.303 e. The van der Waals surface area contributed by atoms with Gasteiger partial charge in [-0.1, -0.05) is 30.3 Å². The minimum Gasteiger partial charge on any atom is -0.303 e. The molecule has 24 heavy (non-hydrogen) atoms. The van der Waals surface area contributed by atoms with E-state index in [-0.39, 0.29) is 5.69 Å².